The monoisotopic (exact) mass is 325 g/mol. The molecule has 7 nitrogen and oxygen atoms in total. The van der Waals surface area contributed by atoms with E-state index in [0.29, 0.717) is 19.0 Å². The molecule has 1 aliphatic carbocycles. The smallest absolute Gasteiger partial charge is 0.410 e. The van der Waals surface area contributed by atoms with E-state index in [1.165, 1.54) is 4.90 Å². The summed E-state index contributed by atoms with van der Waals surface area (Å²) in [7, 11) is 0. The molecule has 23 heavy (non-hydrogen) atoms. The number of likely N-dealkylation sites (tertiary alicyclic amines) is 1. The second-order valence-electron chi connectivity index (χ2n) is 7.54. The van der Waals surface area contributed by atoms with Crippen molar-refractivity contribution in [3.8, 4) is 0 Å². The van der Waals surface area contributed by atoms with Crippen molar-refractivity contribution in [2.24, 2.45) is 0 Å². The Kier molecular flexibility index (Phi) is 4.51. The van der Waals surface area contributed by atoms with Gasteiger partial charge in [0.1, 0.15) is 11.6 Å². The summed E-state index contributed by atoms with van der Waals surface area (Å²) < 4.78 is 10.7. The number of ether oxygens (including phenoxy) is 2. The summed E-state index contributed by atoms with van der Waals surface area (Å²) in [6.45, 7) is 9.49. The quantitative estimate of drug-likeness (QED) is 0.822. The fourth-order valence-electron chi connectivity index (χ4n) is 3.13. The first-order valence-electron chi connectivity index (χ1n) is 8.47. The van der Waals surface area contributed by atoms with Gasteiger partial charge in [0.25, 0.3) is 0 Å². The topological polar surface area (TPSA) is 71.1 Å². The number of carbonyl (C=O) groups is 2. The Bertz CT molecular complexity index is 470. The lowest BCUT2D eigenvalue weighted by molar-refractivity contribution is -0.130. The van der Waals surface area contributed by atoms with E-state index in [2.05, 4.69) is 10.2 Å². The van der Waals surface area contributed by atoms with Gasteiger partial charge in [-0.1, -0.05) is 0 Å². The van der Waals surface area contributed by atoms with Gasteiger partial charge < -0.3 is 14.8 Å². The molecule has 1 saturated carbocycles. The van der Waals surface area contributed by atoms with Crippen molar-refractivity contribution >= 4 is 12.0 Å². The third-order valence-corrected chi connectivity index (χ3v) is 4.55. The molecule has 7 heteroatoms. The van der Waals surface area contributed by atoms with Crippen LogP contribution in [0.1, 0.15) is 33.6 Å². The average Bonchev–Trinajstić information content (AvgIpc) is 3.15. The lowest BCUT2D eigenvalue weighted by atomic mass is 10.0. The van der Waals surface area contributed by atoms with Crippen LogP contribution < -0.4 is 5.32 Å². The van der Waals surface area contributed by atoms with Crippen molar-refractivity contribution in [1.29, 1.82) is 0 Å². The predicted molar refractivity (Wildman–Crippen MR) is 84.1 cm³/mol. The summed E-state index contributed by atoms with van der Waals surface area (Å²) in [5.41, 5.74) is -0.536. The lowest BCUT2D eigenvalue weighted by Gasteiger charge is -2.40. The number of amides is 2. The van der Waals surface area contributed by atoms with Crippen molar-refractivity contribution in [2.45, 2.75) is 57.3 Å². The molecule has 3 fully saturated rings. The van der Waals surface area contributed by atoms with Crippen LogP contribution in [0, 0.1) is 0 Å². The van der Waals surface area contributed by atoms with Gasteiger partial charge >= 0.3 is 6.09 Å². The number of nitrogens with one attached hydrogen (secondary N) is 1. The molecule has 0 unspecified atom stereocenters. The van der Waals surface area contributed by atoms with Crippen LogP contribution in [0.3, 0.4) is 0 Å². The number of rotatable bonds is 3. The van der Waals surface area contributed by atoms with Gasteiger partial charge in [0.2, 0.25) is 5.91 Å². The summed E-state index contributed by atoms with van der Waals surface area (Å²) >= 11 is 0. The third kappa shape index (κ3) is 3.95. The van der Waals surface area contributed by atoms with Crippen LogP contribution in [0.5, 0.6) is 0 Å². The van der Waals surface area contributed by atoms with E-state index in [1.807, 2.05) is 20.8 Å². The Morgan fingerprint density at radius 1 is 1.17 bits per heavy atom. The van der Waals surface area contributed by atoms with E-state index in [4.69, 9.17) is 9.47 Å². The minimum atomic E-state index is -0.536. The molecular weight excluding hydrogens is 298 g/mol. The summed E-state index contributed by atoms with van der Waals surface area (Å²) in [4.78, 5) is 28.3. The van der Waals surface area contributed by atoms with E-state index < -0.39 is 11.7 Å². The Balaban J connectivity index is 1.45. The first-order valence-corrected chi connectivity index (χ1v) is 8.47. The van der Waals surface area contributed by atoms with Crippen molar-refractivity contribution in [2.75, 3.05) is 32.8 Å². The number of hydrogen-bond donors (Lipinski definition) is 1. The lowest BCUT2D eigenvalue weighted by Crippen LogP contribution is -2.59. The highest BCUT2D eigenvalue weighted by molar-refractivity contribution is 5.87. The Morgan fingerprint density at radius 2 is 1.87 bits per heavy atom. The Hall–Kier alpha value is -1.34. The fraction of sp³-hybridized carbons (Fsp3) is 0.875. The van der Waals surface area contributed by atoms with Crippen LogP contribution in [0.25, 0.3) is 0 Å². The molecule has 0 radical (unpaired) electrons. The highest BCUT2D eigenvalue weighted by Gasteiger charge is 2.46. The maximum Gasteiger partial charge on any atom is 0.410 e. The minimum Gasteiger partial charge on any atom is -0.444 e. The van der Waals surface area contributed by atoms with Gasteiger partial charge in [0, 0.05) is 31.7 Å². The van der Waals surface area contributed by atoms with Gasteiger partial charge in [-0.3, -0.25) is 14.6 Å². The molecule has 3 aliphatic rings. The molecule has 2 saturated heterocycles. The second-order valence-corrected chi connectivity index (χ2v) is 7.54. The molecule has 0 bridgehead atoms. The molecule has 2 amide bonds. The van der Waals surface area contributed by atoms with Gasteiger partial charge in [0.15, 0.2) is 0 Å². The first-order chi connectivity index (χ1) is 10.8. The first kappa shape index (κ1) is 16.5. The molecule has 3 rings (SSSR count). The minimum absolute atomic E-state index is 0.0529. The molecule has 2 aliphatic heterocycles. The van der Waals surface area contributed by atoms with Crippen LogP contribution in [0.15, 0.2) is 0 Å². The van der Waals surface area contributed by atoms with Crippen LogP contribution in [0.2, 0.25) is 0 Å². The Labute approximate surface area is 137 Å². The normalized spacial score (nSPS) is 31.3. The average molecular weight is 325 g/mol. The number of morpholine rings is 1. The van der Waals surface area contributed by atoms with Gasteiger partial charge in [-0.25, -0.2) is 4.79 Å². The van der Waals surface area contributed by atoms with E-state index in [-0.39, 0.29) is 18.0 Å². The predicted octanol–water partition coefficient (Wildman–Crippen LogP) is 0.585. The third-order valence-electron chi connectivity index (χ3n) is 4.55. The molecule has 3 atom stereocenters. The van der Waals surface area contributed by atoms with Crippen molar-refractivity contribution < 1.29 is 19.1 Å². The summed E-state index contributed by atoms with van der Waals surface area (Å²) in [5.74, 6) is -0.0529. The number of hydrogen-bond acceptors (Lipinski definition) is 5. The standard InChI is InChI=1S/C16H27N3O4/c1-16(2,3)23-15(21)19-5-4-12(19)14(20)17-11-10-13(11)18-6-8-22-9-7-18/h11-13H,4-10H2,1-3H3,(H,17,20)/t11-,12-,13-/m1/s1. The highest BCUT2D eigenvalue weighted by atomic mass is 16.6. The number of nitrogens with zero attached hydrogens (tertiary/aromatic N) is 2. The van der Waals surface area contributed by atoms with E-state index >= 15 is 0 Å². The zero-order valence-corrected chi connectivity index (χ0v) is 14.2. The van der Waals surface area contributed by atoms with Crippen LogP contribution in [-0.2, 0) is 14.3 Å². The van der Waals surface area contributed by atoms with Gasteiger partial charge in [0.05, 0.1) is 13.2 Å². The maximum atomic E-state index is 12.4. The van der Waals surface area contributed by atoms with Crippen LogP contribution >= 0.6 is 0 Å². The van der Waals surface area contributed by atoms with Gasteiger partial charge in [-0.15, -0.1) is 0 Å². The molecule has 1 N–H and O–H groups in total. The van der Waals surface area contributed by atoms with Crippen LogP contribution in [0.4, 0.5) is 4.79 Å². The highest BCUT2D eigenvalue weighted by Crippen LogP contribution is 2.30. The van der Waals surface area contributed by atoms with E-state index in [9.17, 15) is 9.59 Å². The van der Waals surface area contributed by atoms with Crippen molar-refractivity contribution in [3.05, 3.63) is 0 Å². The number of carbonyl (C=O) groups excluding carboxylic acids is 2. The Morgan fingerprint density at radius 3 is 2.43 bits per heavy atom. The van der Waals surface area contributed by atoms with Gasteiger partial charge in [-0.05, 0) is 33.6 Å². The molecule has 0 aromatic heterocycles. The molecular formula is C16H27N3O4. The summed E-state index contributed by atoms with van der Waals surface area (Å²) in [6, 6.07) is 0.260. The fourth-order valence-corrected chi connectivity index (χ4v) is 3.13. The van der Waals surface area contributed by atoms with E-state index in [0.717, 1.165) is 32.7 Å². The molecule has 2 heterocycles. The molecule has 0 spiro atoms. The molecule has 130 valence electrons. The zero-order valence-electron chi connectivity index (χ0n) is 14.2. The largest absolute Gasteiger partial charge is 0.444 e. The van der Waals surface area contributed by atoms with Crippen molar-refractivity contribution in [1.82, 2.24) is 15.1 Å². The summed E-state index contributed by atoms with van der Waals surface area (Å²) in [6.07, 6.45) is 1.30. The SMILES string of the molecule is CC(C)(C)OC(=O)N1CC[C@@H]1C(=O)N[C@@H]1C[C@H]1N1CCOCC1. The maximum absolute atomic E-state index is 12.4. The van der Waals surface area contributed by atoms with Crippen molar-refractivity contribution in [3.63, 3.8) is 0 Å². The van der Waals surface area contributed by atoms with E-state index in [1.54, 1.807) is 0 Å². The summed E-state index contributed by atoms with van der Waals surface area (Å²) in [5, 5.41) is 3.08. The van der Waals surface area contributed by atoms with Gasteiger partial charge in [-0.2, -0.15) is 0 Å². The molecule has 0 aromatic carbocycles. The van der Waals surface area contributed by atoms with Crippen LogP contribution in [-0.4, -0.2) is 78.4 Å². The molecule has 0 aromatic rings. The zero-order chi connectivity index (χ0) is 16.6. The second kappa shape index (κ2) is 6.28.